The van der Waals surface area contributed by atoms with Gasteiger partial charge in [0, 0.05) is 24.3 Å². The van der Waals surface area contributed by atoms with Crippen molar-refractivity contribution in [2.45, 2.75) is 24.9 Å². The lowest BCUT2D eigenvalue weighted by molar-refractivity contribution is -0.123. The van der Waals surface area contributed by atoms with Gasteiger partial charge in [-0.2, -0.15) is 0 Å². The van der Waals surface area contributed by atoms with E-state index in [9.17, 15) is 18.4 Å². The number of amides is 3. The average molecular weight is 374 g/mol. The molecule has 0 aliphatic carbocycles. The number of urea groups is 1. The van der Waals surface area contributed by atoms with E-state index in [1.807, 2.05) is 18.2 Å². The highest BCUT2D eigenvalue weighted by Crippen LogP contribution is 2.25. The maximum absolute atomic E-state index is 13.2. The van der Waals surface area contributed by atoms with Crippen LogP contribution in [-0.4, -0.2) is 30.4 Å². The van der Waals surface area contributed by atoms with E-state index in [0.717, 1.165) is 5.56 Å². The number of benzene rings is 2. The second kappa shape index (κ2) is 8.13. The standard InChI is InChI=1S/C19H20F2N4O2/c20-19(21)10-16(23-12-19)17(26)22-11-13-5-4-8-15(9-13)25-18(27)24-14-6-2-1-3-7-14/h1-9,16,23H,10-12H2,(H,22,26)(H2,24,25,27). The van der Waals surface area contributed by atoms with E-state index in [-0.39, 0.29) is 12.6 Å². The SMILES string of the molecule is O=C(Nc1ccccc1)Nc1cccc(CNC(=O)C2CC(F)(F)CN2)c1. The molecule has 1 atom stereocenters. The van der Waals surface area contributed by atoms with Crippen LogP contribution in [0.15, 0.2) is 54.6 Å². The largest absolute Gasteiger partial charge is 0.351 e. The fourth-order valence-corrected chi connectivity index (χ4v) is 2.79. The highest BCUT2D eigenvalue weighted by Gasteiger charge is 2.42. The van der Waals surface area contributed by atoms with E-state index in [0.29, 0.717) is 11.4 Å². The summed E-state index contributed by atoms with van der Waals surface area (Å²) >= 11 is 0. The molecule has 142 valence electrons. The highest BCUT2D eigenvalue weighted by atomic mass is 19.3. The van der Waals surface area contributed by atoms with Crippen molar-refractivity contribution in [3.8, 4) is 0 Å². The first-order valence-electron chi connectivity index (χ1n) is 8.52. The zero-order valence-corrected chi connectivity index (χ0v) is 14.5. The molecule has 0 aromatic heterocycles. The number of carbonyl (C=O) groups is 2. The second-order valence-corrected chi connectivity index (χ2v) is 6.36. The van der Waals surface area contributed by atoms with Crippen molar-refractivity contribution in [2.75, 3.05) is 17.2 Å². The van der Waals surface area contributed by atoms with Gasteiger partial charge in [-0.05, 0) is 29.8 Å². The summed E-state index contributed by atoms with van der Waals surface area (Å²) in [5.41, 5.74) is 1.96. The molecule has 0 bridgehead atoms. The maximum Gasteiger partial charge on any atom is 0.323 e. The van der Waals surface area contributed by atoms with Gasteiger partial charge in [0.05, 0.1) is 12.6 Å². The van der Waals surface area contributed by atoms with Crippen molar-refractivity contribution in [3.05, 3.63) is 60.2 Å². The van der Waals surface area contributed by atoms with Crippen LogP contribution in [-0.2, 0) is 11.3 Å². The van der Waals surface area contributed by atoms with Gasteiger partial charge in [0.1, 0.15) is 0 Å². The van der Waals surface area contributed by atoms with Crippen molar-refractivity contribution < 1.29 is 18.4 Å². The third-order valence-corrected chi connectivity index (χ3v) is 4.11. The van der Waals surface area contributed by atoms with Crippen LogP contribution >= 0.6 is 0 Å². The lowest BCUT2D eigenvalue weighted by atomic mass is 10.1. The van der Waals surface area contributed by atoms with Gasteiger partial charge < -0.3 is 16.0 Å². The Morgan fingerprint density at radius 3 is 2.44 bits per heavy atom. The van der Waals surface area contributed by atoms with Gasteiger partial charge in [0.15, 0.2) is 0 Å². The molecule has 8 heteroatoms. The lowest BCUT2D eigenvalue weighted by Gasteiger charge is -2.12. The summed E-state index contributed by atoms with van der Waals surface area (Å²) < 4.78 is 26.3. The normalized spacial score (nSPS) is 17.9. The summed E-state index contributed by atoms with van der Waals surface area (Å²) in [5.74, 6) is -3.31. The number of alkyl halides is 2. The fourth-order valence-electron chi connectivity index (χ4n) is 2.79. The predicted molar refractivity (Wildman–Crippen MR) is 98.7 cm³/mol. The molecule has 3 amide bonds. The summed E-state index contributed by atoms with van der Waals surface area (Å²) in [7, 11) is 0. The maximum atomic E-state index is 13.2. The van der Waals surface area contributed by atoms with E-state index in [1.54, 1.807) is 36.4 Å². The summed E-state index contributed by atoms with van der Waals surface area (Å²) in [6.45, 7) is -0.306. The molecule has 1 heterocycles. The number of halogens is 2. The molecule has 0 spiro atoms. The van der Waals surface area contributed by atoms with Gasteiger partial charge in [-0.25, -0.2) is 13.6 Å². The highest BCUT2D eigenvalue weighted by molar-refractivity contribution is 5.99. The molecule has 1 saturated heterocycles. The first-order chi connectivity index (χ1) is 12.9. The molecule has 2 aromatic carbocycles. The lowest BCUT2D eigenvalue weighted by Crippen LogP contribution is -2.40. The van der Waals surface area contributed by atoms with E-state index in [1.165, 1.54) is 0 Å². The molecule has 2 aromatic rings. The van der Waals surface area contributed by atoms with Crippen LogP contribution in [0.2, 0.25) is 0 Å². The quantitative estimate of drug-likeness (QED) is 0.650. The summed E-state index contributed by atoms with van der Waals surface area (Å²) in [6.07, 6.45) is -0.500. The third-order valence-electron chi connectivity index (χ3n) is 4.11. The fraction of sp³-hybridized carbons (Fsp3) is 0.263. The number of nitrogens with one attached hydrogen (secondary N) is 4. The van der Waals surface area contributed by atoms with Gasteiger partial charge >= 0.3 is 6.03 Å². The number of rotatable bonds is 5. The molecular formula is C19H20F2N4O2. The van der Waals surface area contributed by atoms with Gasteiger partial charge in [0.25, 0.3) is 5.92 Å². The minimum Gasteiger partial charge on any atom is -0.351 e. The van der Waals surface area contributed by atoms with E-state index < -0.39 is 30.8 Å². The number of carbonyl (C=O) groups excluding carboxylic acids is 2. The molecular weight excluding hydrogens is 354 g/mol. The minimum absolute atomic E-state index is 0.179. The Morgan fingerprint density at radius 1 is 1.04 bits per heavy atom. The van der Waals surface area contributed by atoms with Crippen LogP contribution in [0.25, 0.3) is 0 Å². The van der Waals surface area contributed by atoms with Crippen molar-refractivity contribution in [3.63, 3.8) is 0 Å². The number of anilines is 2. The Morgan fingerprint density at radius 2 is 1.74 bits per heavy atom. The summed E-state index contributed by atoms with van der Waals surface area (Å²) in [5, 5.41) is 10.6. The molecule has 4 N–H and O–H groups in total. The van der Waals surface area contributed by atoms with Crippen molar-refractivity contribution in [1.29, 1.82) is 0 Å². The zero-order valence-electron chi connectivity index (χ0n) is 14.5. The van der Waals surface area contributed by atoms with Crippen LogP contribution in [0.3, 0.4) is 0 Å². The average Bonchev–Trinajstić information content (AvgIpc) is 3.01. The minimum atomic E-state index is -2.85. The Kier molecular flexibility index (Phi) is 5.66. The molecule has 1 fully saturated rings. The summed E-state index contributed by atoms with van der Waals surface area (Å²) in [6, 6.07) is 14.7. The van der Waals surface area contributed by atoms with Gasteiger partial charge in [-0.1, -0.05) is 30.3 Å². The Labute approximate surface area is 155 Å². The van der Waals surface area contributed by atoms with Gasteiger partial charge in [-0.3, -0.25) is 10.1 Å². The smallest absolute Gasteiger partial charge is 0.323 e. The predicted octanol–water partition coefficient (Wildman–Crippen LogP) is 2.94. The summed E-state index contributed by atoms with van der Waals surface area (Å²) in [4.78, 5) is 24.0. The van der Waals surface area contributed by atoms with Crippen molar-refractivity contribution >= 4 is 23.3 Å². The first-order valence-corrected chi connectivity index (χ1v) is 8.52. The molecule has 3 rings (SSSR count). The van der Waals surface area contributed by atoms with Gasteiger partial charge in [0.2, 0.25) is 5.91 Å². The van der Waals surface area contributed by atoms with Crippen LogP contribution in [0.1, 0.15) is 12.0 Å². The number of para-hydroxylation sites is 1. The molecule has 0 radical (unpaired) electrons. The van der Waals surface area contributed by atoms with E-state index in [2.05, 4.69) is 21.3 Å². The number of hydrogen-bond donors (Lipinski definition) is 4. The molecule has 0 saturated carbocycles. The van der Waals surface area contributed by atoms with Crippen molar-refractivity contribution in [2.24, 2.45) is 0 Å². The van der Waals surface area contributed by atoms with Crippen LogP contribution in [0, 0.1) is 0 Å². The number of hydrogen-bond acceptors (Lipinski definition) is 3. The Balaban J connectivity index is 1.51. The molecule has 1 aliphatic rings. The van der Waals surface area contributed by atoms with E-state index in [4.69, 9.17) is 0 Å². The van der Waals surface area contributed by atoms with Crippen LogP contribution < -0.4 is 21.3 Å². The van der Waals surface area contributed by atoms with E-state index >= 15 is 0 Å². The zero-order chi connectivity index (χ0) is 19.3. The topological polar surface area (TPSA) is 82.3 Å². The Bertz CT molecular complexity index is 814. The van der Waals surface area contributed by atoms with Crippen LogP contribution in [0.4, 0.5) is 25.0 Å². The van der Waals surface area contributed by atoms with Crippen molar-refractivity contribution in [1.82, 2.24) is 10.6 Å². The van der Waals surface area contributed by atoms with Crippen LogP contribution in [0.5, 0.6) is 0 Å². The third kappa shape index (κ3) is 5.49. The monoisotopic (exact) mass is 374 g/mol. The molecule has 1 aliphatic heterocycles. The molecule has 6 nitrogen and oxygen atoms in total. The Hall–Kier alpha value is -3.00. The molecule has 1 unspecified atom stereocenters. The van der Waals surface area contributed by atoms with Gasteiger partial charge in [-0.15, -0.1) is 0 Å². The first kappa shape index (κ1) is 18.8. The molecule has 27 heavy (non-hydrogen) atoms. The second-order valence-electron chi connectivity index (χ2n) is 6.36.